The lowest BCUT2D eigenvalue weighted by molar-refractivity contribution is 0.306. The zero-order valence-electron chi connectivity index (χ0n) is 16.8. The number of benzene rings is 3. The van der Waals surface area contributed by atoms with Crippen LogP contribution in [-0.4, -0.2) is 19.6 Å². The molecule has 0 aliphatic heterocycles. The van der Waals surface area contributed by atoms with Gasteiger partial charge in [0.25, 0.3) is 0 Å². The molecular formula is C25H21N5O. The Balaban J connectivity index is 1.53. The maximum Gasteiger partial charge on any atom is 0.162 e. The van der Waals surface area contributed by atoms with Crippen molar-refractivity contribution in [3.05, 3.63) is 103 Å². The van der Waals surface area contributed by atoms with E-state index in [1.54, 1.807) is 6.20 Å². The molecule has 0 aliphatic rings. The van der Waals surface area contributed by atoms with Gasteiger partial charge in [0.1, 0.15) is 29.9 Å². The Hall–Kier alpha value is -4.03. The van der Waals surface area contributed by atoms with E-state index in [9.17, 15) is 0 Å². The molecule has 31 heavy (non-hydrogen) atoms. The number of fused-ring (bicyclic) bond motifs is 1. The highest BCUT2D eigenvalue weighted by atomic mass is 16.5. The third-order valence-electron chi connectivity index (χ3n) is 5.10. The molecule has 0 fully saturated rings. The van der Waals surface area contributed by atoms with E-state index in [0.29, 0.717) is 13.2 Å². The molecule has 0 bridgehead atoms. The van der Waals surface area contributed by atoms with Crippen LogP contribution in [-0.2, 0) is 13.2 Å². The largest absolute Gasteiger partial charge is 0.489 e. The first-order chi connectivity index (χ1) is 15.3. The summed E-state index contributed by atoms with van der Waals surface area (Å²) in [5.41, 5.74) is 11.5. The SMILES string of the molecule is NCc1cccc(-c2nc(-c3cccc(OCc4ccccc4)c3)c3cncnn23)c1. The van der Waals surface area contributed by atoms with Crippen molar-refractivity contribution in [1.82, 2.24) is 19.6 Å². The summed E-state index contributed by atoms with van der Waals surface area (Å²) in [4.78, 5) is 9.14. The van der Waals surface area contributed by atoms with E-state index in [1.807, 2.05) is 83.4 Å². The number of hydrogen-bond acceptors (Lipinski definition) is 5. The molecule has 0 aliphatic carbocycles. The summed E-state index contributed by atoms with van der Waals surface area (Å²) in [6, 6.07) is 26.1. The predicted octanol–water partition coefficient (Wildman–Crippen LogP) is 4.50. The smallest absolute Gasteiger partial charge is 0.162 e. The Morgan fingerprint density at radius 2 is 1.65 bits per heavy atom. The van der Waals surface area contributed by atoms with Crippen molar-refractivity contribution < 1.29 is 4.74 Å². The lowest BCUT2D eigenvalue weighted by Gasteiger charge is -2.07. The molecule has 0 amide bonds. The maximum atomic E-state index is 6.01. The number of aromatic nitrogens is 4. The minimum atomic E-state index is 0.472. The van der Waals surface area contributed by atoms with E-state index in [-0.39, 0.29) is 0 Å². The summed E-state index contributed by atoms with van der Waals surface area (Å²) in [5.74, 6) is 1.53. The van der Waals surface area contributed by atoms with Gasteiger partial charge in [-0.15, -0.1) is 0 Å². The standard InChI is InChI=1S/C25H21N5O/c26-14-19-8-4-10-21(12-19)25-29-24(23-15-27-17-28-30(23)25)20-9-5-11-22(13-20)31-16-18-6-2-1-3-7-18/h1-13,15,17H,14,16,26H2. The molecule has 6 heteroatoms. The van der Waals surface area contributed by atoms with E-state index in [1.165, 1.54) is 6.33 Å². The Labute approximate surface area is 180 Å². The van der Waals surface area contributed by atoms with Crippen molar-refractivity contribution in [2.45, 2.75) is 13.2 Å². The Morgan fingerprint density at radius 1 is 0.839 bits per heavy atom. The van der Waals surface area contributed by atoms with Gasteiger partial charge in [-0.05, 0) is 29.3 Å². The predicted molar refractivity (Wildman–Crippen MR) is 120 cm³/mol. The minimum absolute atomic E-state index is 0.472. The van der Waals surface area contributed by atoms with Crippen molar-refractivity contribution >= 4 is 5.52 Å². The molecule has 152 valence electrons. The fourth-order valence-corrected chi connectivity index (χ4v) is 3.55. The molecule has 2 aromatic heterocycles. The van der Waals surface area contributed by atoms with Gasteiger partial charge in [-0.1, -0.05) is 60.7 Å². The second-order valence-corrected chi connectivity index (χ2v) is 7.20. The van der Waals surface area contributed by atoms with E-state index < -0.39 is 0 Å². The van der Waals surface area contributed by atoms with Crippen molar-refractivity contribution in [3.63, 3.8) is 0 Å². The molecule has 0 radical (unpaired) electrons. The monoisotopic (exact) mass is 407 g/mol. The van der Waals surface area contributed by atoms with Crippen molar-refractivity contribution in [3.8, 4) is 28.4 Å². The van der Waals surface area contributed by atoms with Crippen LogP contribution < -0.4 is 10.5 Å². The van der Waals surface area contributed by atoms with Crippen molar-refractivity contribution in [2.24, 2.45) is 5.73 Å². The third-order valence-corrected chi connectivity index (χ3v) is 5.10. The van der Waals surface area contributed by atoms with Crippen molar-refractivity contribution in [1.29, 1.82) is 0 Å². The molecule has 6 nitrogen and oxygen atoms in total. The summed E-state index contributed by atoms with van der Waals surface area (Å²) in [6.45, 7) is 0.980. The Bertz CT molecular complexity index is 1330. The number of nitrogens with zero attached hydrogens (tertiary/aromatic N) is 4. The molecule has 2 N–H and O–H groups in total. The number of hydrogen-bond donors (Lipinski definition) is 1. The van der Waals surface area contributed by atoms with Gasteiger partial charge in [0.15, 0.2) is 5.82 Å². The molecule has 0 spiro atoms. The highest BCUT2D eigenvalue weighted by Gasteiger charge is 2.16. The van der Waals surface area contributed by atoms with Gasteiger partial charge in [-0.3, -0.25) is 0 Å². The van der Waals surface area contributed by atoms with Crippen LogP contribution in [0.25, 0.3) is 28.2 Å². The molecule has 0 unspecified atom stereocenters. The number of ether oxygens (including phenoxy) is 1. The minimum Gasteiger partial charge on any atom is -0.489 e. The molecule has 2 heterocycles. The molecule has 5 aromatic rings. The topological polar surface area (TPSA) is 78.3 Å². The Morgan fingerprint density at radius 3 is 2.52 bits per heavy atom. The third kappa shape index (κ3) is 3.89. The first kappa shape index (κ1) is 19.0. The number of rotatable bonds is 6. The normalized spacial score (nSPS) is 11.0. The lowest BCUT2D eigenvalue weighted by atomic mass is 10.1. The fourth-order valence-electron chi connectivity index (χ4n) is 3.55. The average Bonchev–Trinajstić information content (AvgIpc) is 3.23. The van der Waals surface area contributed by atoms with Crippen LogP contribution in [0.3, 0.4) is 0 Å². The summed E-state index contributed by atoms with van der Waals surface area (Å²) < 4.78 is 7.82. The fraction of sp³-hybridized carbons (Fsp3) is 0.0800. The van der Waals surface area contributed by atoms with Gasteiger partial charge in [-0.2, -0.15) is 5.10 Å². The molecule has 0 atom stereocenters. The second kappa shape index (κ2) is 8.38. The zero-order valence-corrected chi connectivity index (χ0v) is 16.8. The van der Waals surface area contributed by atoms with Crippen LogP contribution in [0.15, 0.2) is 91.4 Å². The van der Waals surface area contributed by atoms with Crippen LogP contribution in [0.5, 0.6) is 5.75 Å². The summed E-state index contributed by atoms with van der Waals surface area (Å²) >= 11 is 0. The number of nitrogens with two attached hydrogens (primary N) is 1. The van der Waals surface area contributed by atoms with E-state index in [0.717, 1.165) is 45.0 Å². The van der Waals surface area contributed by atoms with Crippen LogP contribution in [0.1, 0.15) is 11.1 Å². The van der Waals surface area contributed by atoms with Crippen LogP contribution in [0.4, 0.5) is 0 Å². The van der Waals surface area contributed by atoms with Gasteiger partial charge < -0.3 is 10.5 Å². The van der Waals surface area contributed by atoms with Crippen LogP contribution in [0, 0.1) is 0 Å². The van der Waals surface area contributed by atoms with Gasteiger partial charge in [0.05, 0.1) is 6.20 Å². The summed E-state index contributed by atoms with van der Waals surface area (Å²) in [5, 5.41) is 4.44. The molecule has 5 rings (SSSR count). The Kier molecular flexibility index (Phi) is 5.12. The molecule has 0 saturated heterocycles. The zero-order chi connectivity index (χ0) is 21.0. The van der Waals surface area contributed by atoms with E-state index in [2.05, 4.69) is 10.1 Å². The van der Waals surface area contributed by atoms with Gasteiger partial charge in [-0.25, -0.2) is 14.5 Å². The first-order valence-corrected chi connectivity index (χ1v) is 10.1. The molecule has 0 saturated carbocycles. The van der Waals surface area contributed by atoms with Gasteiger partial charge in [0.2, 0.25) is 0 Å². The van der Waals surface area contributed by atoms with Crippen LogP contribution in [0.2, 0.25) is 0 Å². The highest BCUT2D eigenvalue weighted by Crippen LogP contribution is 2.31. The lowest BCUT2D eigenvalue weighted by Crippen LogP contribution is -1.98. The van der Waals surface area contributed by atoms with E-state index >= 15 is 0 Å². The maximum absolute atomic E-state index is 6.01. The molecule has 3 aromatic carbocycles. The van der Waals surface area contributed by atoms with E-state index in [4.69, 9.17) is 15.5 Å². The quantitative estimate of drug-likeness (QED) is 0.448. The number of imidazole rings is 1. The van der Waals surface area contributed by atoms with Gasteiger partial charge in [0, 0.05) is 17.7 Å². The van der Waals surface area contributed by atoms with Crippen LogP contribution >= 0.6 is 0 Å². The average molecular weight is 407 g/mol. The molecular weight excluding hydrogens is 386 g/mol. The summed E-state index contributed by atoms with van der Waals surface area (Å²) in [6.07, 6.45) is 3.30. The summed E-state index contributed by atoms with van der Waals surface area (Å²) in [7, 11) is 0. The first-order valence-electron chi connectivity index (χ1n) is 10.1. The highest BCUT2D eigenvalue weighted by molar-refractivity contribution is 5.81. The van der Waals surface area contributed by atoms with Crippen molar-refractivity contribution in [2.75, 3.05) is 0 Å². The van der Waals surface area contributed by atoms with Gasteiger partial charge >= 0.3 is 0 Å². The second-order valence-electron chi connectivity index (χ2n) is 7.20.